The first-order valence-corrected chi connectivity index (χ1v) is 11.1. The predicted octanol–water partition coefficient (Wildman–Crippen LogP) is 5.28. The summed E-state index contributed by atoms with van der Waals surface area (Å²) in [6.45, 7) is 2.54. The molecule has 1 aliphatic heterocycles. The Morgan fingerprint density at radius 2 is 1.85 bits per heavy atom. The first-order chi connectivity index (χ1) is 15.7. The second kappa shape index (κ2) is 10.8. The van der Waals surface area contributed by atoms with Gasteiger partial charge in [0.2, 0.25) is 5.91 Å². The Balaban J connectivity index is 0.00000324. The van der Waals surface area contributed by atoms with Crippen LogP contribution in [0.1, 0.15) is 24.0 Å². The van der Waals surface area contributed by atoms with Crippen molar-refractivity contribution in [2.45, 2.75) is 32.0 Å². The summed E-state index contributed by atoms with van der Waals surface area (Å²) in [6, 6.07) is 10.2. The number of carbonyl (C=O) groups is 1. The summed E-state index contributed by atoms with van der Waals surface area (Å²) in [4.78, 5) is 25.6. The Kier molecular flexibility index (Phi) is 8.28. The summed E-state index contributed by atoms with van der Waals surface area (Å²) in [6.07, 6.45) is -1.10. The van der Waals surface area contributed by atoms with Gasteiger partial charge in [-0.05, 0) is 67.7 Å². The number of hydrogen-bond acceptors (Lipinski definition) is 3. The number of pyridine rings is 1. The summed E-state index contributed by atoms with van der Waals surface area (Å²) in [5.74, 6) is -0.0536. The van der Waals surface area contributed by atoms with Crippen LogP contribution >= 0.6 is 24.0 Å². The van der Waals surface area contributed by atoms with Crippen LogP contribution in [0.25, 0.3) is 10.8 Å². The molecule has 1 fully saturated rings. The number of nitrogens with one attached hydrogen (secondary N) is 2. The molecule has 10 heteroatoms. The molecule has 0 spiro atoms. The molecule has 2 N–H and O–H groups in total. The minimum atomic E-state index is -4.60. The maximum absolute atomic E-state index is 13.1. The third kappa shape index (κ3) is 5.92. The van der Waals surface area contributed by atoms with Gasteiger partial charge in [0.05, 0.1) is 17.0 Å². The molecule has 0 aliphatic carbocycles. The fourth-order valence-corrected chi connectivity index (χ4v) is 4.42. The highest BCUT2D eigenvalue weighted by Crippen LogP contribution is 2.35. The van der Waals surface area contributed by atoms with Gasteiger partial charge in [-0.15, -0.1) is 12.4 Å². The maximum Gasteiger partial charge on any atom is 0.417 e. The predicted molar refractivity (Wildman–Crippen MR) is 130 cm³/mol. The lowest BCUT2D eigenvalue weighted by atomic mass is 9.98. The molecule has 4 rings (SSSR count). The van der Waals surface area contributed by atoms with Crippen LogP contribution in [0.5, 0.6) is 0 Å². The van der Waals surface area contributed by atoms with Crippen LogP contribution in [0, 0.1) is 5.92 Å². The van der Waals surface area contributed by atoms with Crippen LogP contribution in [0.4, 0.5) is 18.9 Å². The molecule has 2 heterocycles. The van der Waals surface area contributed by atoms with Crippen molar-refractivity contribution in [2.75, 3.05) is 18.4 Å². The zero-order valence-corrected chi connectivity index (χ0v) is 19.7. The summed E-state index contributed by atoms with van der Waals surface area (Å²) in [5, 5.41) is 6.69. The van der Waals surface area contributed by atoms with E-state index < -0.39 is 22.7 Å². The van der Waals surface area contributed by atoms with Gasteiger partial charge in [-0.1, -0.05) is 23.7 Å². The topological polar surface area (TPSA) is 63.1 Å². The van der Waals surface area contributed by atoms with E-state index in [1.807, 2.05) is 0 Å². The Labute approximate surface area is 205 Å². The second-order valence-electron chi connectivity index (χ2n) is 8.27. The molecule has 1 amide bonds. The van der Waals surface area contributed by atoms with Gasteiger partial charge in [0, 0.05) is 29.2 Å². The Bertz CT molecular complexity index is 1240. The maximum atomic E-state index is 13.1. The Morgan fingerprint density at radius 1 is 1.12 bits per heavy atom. The van der Waals surface area contributed by atoms with Crippen LogP contribution < -0.4 is 16.2 Å². The lowest BCUT2D eigenvalue weighted by Crippen LogP contribution is -2.32. The van der Waals surface area contributed by atoms with Crippen molar-refractivity contribution >= 4 is 46.4 Å². The van der Waals surface area contributed by atoms with E-state index in [-0.39, 0.29) is 30.0 Å². The van der Waals surface area contributed by atoms with Gasteiger partial charge in [0.25, 0.3) is 5.56 Å². The van der Waals surface area contributed by atoms with Crippen molar-refractivity contribution < 1.29 is 18.0 Å². The number of nitrogens with zero attached hydrogens (tertiary/aromatic N) is 1. The lowest BCUT2D eigenvalue weighted by molar-refractivity contribution is -0.137. The fraction of sp³-hybridized carbons (Fsp3) is 0.333. The fourth-order valence-electron chi connectivity index (χ4n) is 4.19. The van der Waals surface area contributed by atoms with Crippen LogP contribution in [0.2, 0.25) is 5.02 Å². The van der Waals surface area contributed by atoms with Gasteiger partial charge in [0.15, 0.2) is 0 Å². The standard InChI is InChI=1S/C24H23ClF3N3O2.ClH/c25-20-5-4-16(12-19(20)24(26,27)28)13-22(32)30-21-3-1-2-18-17(21)8-11-31(23(18)33)14-15-6-9-29-10-7-15;/h1-5,8,11-12,15,29H,6-7,9-10,13-14H2,(H,30,32);1H. The summed E-state index contributed by atoms with van der Waals surface area (Å²) < 4.78 is 41.0. The smallest absolute Gasteiger partial charge is 0.325 e. The van der Waals surface area contributed by atoms with Crippen molar-refractivity contribution in [1.82, 2.24) is 9.88 Å². The average molecular weight is 514 g/mol. The molecule has 0 unspecified atom stereocenters. The van der Waals surface area contributed by atoms with E-state index in [0.717, 1.165) is 38.1 Å². The van der Waals surface area contributed by atoms with E-state index in [1.165, 1.54) is 6.07 Å². The first kappa shape index (κ1) is 26.1. The minimum Gasteiger partial charge on any atom is -0.325 e. The third-order valence-electron chi connectivity index (χ3n) is 5.91. The highest BCUT2D eigenvalue weighted by Gasteiger charge is 2.33. The van der Waals surface area contributed by atoms with Gasteiger partial charge < -0.3 is 15.2 Å². The molecule has 1 aromatic heterocycles. The highest BCUT2D eigenvalue weighted by atomic mass is 35.5. The number of halogens is 5. The largest absolute Gasteiger partial charge is 0.417 e. The molecular weight excluding hydrogens is 490 g/mol. The van der Waals surface area contributed by atoms with E-state index >= 15 is 0 Å². The summed E-state index contributed by atoms with van der Waals surface area (Å²) in [7, 11) is 0. The first-order valence-electron chi connectivity index (χ1n) is 10.7. The molecule has 1 aliphatic rings. The highest BCUT2D eigenvalue weighted by molar-refractivity contribution is 6.31. The number of amides is 1. The van der Waals surface area contributed by atoms with Gasteiger partial charge >= 0.3 is 6.18 Å². The summed E-state index contributed by atoms with van der Waals surface area (Å²) in [5.41, 5.74) is -0.481. The molecule has 0 radical (unpaired) electrons. The lowest BCUT2D eigenvalue weighted by Gasteiger charge is -2.23. The van der Waals surface area contributed by atoms with E-state index in [1.54, 1.807) is 35.0 Å². The molecule has 34 heavy (non-hydrogen) atoms. The van der Waals surface area contributed by atoms with Gasteiger partial charge in [0.1, 0.15) is 0 Å². The number of fused-ring (bicyclic) bond motifs is 1. The zero-order valence-electron chi connectivity index (χ0n) is 18.1. The normalized spacial score (nSPS) is 14.6. The van der Waals surface area contributed by atoms with Crippen molar-refractivity contribution in [2.24, 2.45) is 5.92 Å². The van der Waals surface area contributed by atoms with E-state index in [9.17, 15) is 22.8 Å². The number of piperidine rings is 1. The van der Waals surface area contributed by atoms with Crippen LogP contribution in [-0.2, 0) is 23.9 Å². The number of aromatic nitrogens is 1. The average Bonchev–Trinajstić information content (AvgIpc) is 2.77. The number of rotatable bonds is 5. The molecule has 1 saturated heterocycles. The van der Waals surface area contributed by atoms with E-state index in [2.05, 4.69) is 10.6 Å². The van der Waals surface area contributed by atoms with Gasteiger partial charge in [-0.2, -0.15) is 13.2 Å². The van der Waals surface area contributed by atoms with Crippen molar-refractivity contribution in [3.05, 3.63) is 75.2 Å². The monoisotopic (exact) mass is 513 g/mol. The number of alkyl halides is 3. The SMILES string of the molecule is Cl.O=C(Cc1ccc(Cl)c(C(F)(F)F)c1)Nc1cccc2c(=O)n(CC3CCNCC3)ccc12. The number of anilines is 1. The molecular formula is C24H24Cl2F3N3O2. The molecule has 0 atom stereocenters. The van der Waals surface area contributed by atoms with Crippen molar-refractivity contribution in [3.8, 4) is 0 Å². The van der Waals surface area contributed by atoms with Crippen LogP contribution in [-0.4, -0.2) is 23.6 Å². The second-order valence-corrected chi connectivity index (χ2v) is 8.68. The van der Waals surface area contributed by atoms with Crippen molar-refractivity contribution in [1.29, 1.82) is 0 Å². The number of benzene rings is 2. The number of hydrogen-bond donors (Lipinski definition) is 2. The molecule has 5 nitrogen and oxygen atoms in total. The Morgan fingerprint density at radius 3 is 2.56 bits per heavy atom. The molecule has 2 aromatic carbocycles. The molecule has 182 valence electrons. The van der Waals surface area contributed by atoms with Gasteiger partial charge in [-0.25, -0.2) is 0 Å². The quantitative estimate of drug-likeness (QED) is 0.488. The minimum absolute atomic E-state index is 0. The number of carbonyl (C=O) groups excluding carboxylic acids is 1. The Hall–Kier alpha value is -2.55. The van der Waals surface area contributed by atoms with Crippen LogP contribution in [0.15, 0.2) is 53.5 Å². The van der Waals surface area contributed by atoms with E-state index in [4.69, 9.17) is 11.6 Å². The van der Waals surface area contributed by atoms with Crippen molar-refractivity contribution in [3.63, 3.8) is 0 Å². The van der Waals surface area contributed by atoms with E-state index in [0.29, 0.717) is 28.9 Å². The molecule has 3 aromatic rings. The zero-order chi connectivity index (χ0) is 23.6. The van der Waals surface area contributed by atoms with Crippen LogP contribution in [0.3, 0.4) is 0 Å². The summed E-state index contributed by atoms with van der Waals surface area (Å²) >= 11 is 5.65. The third-order valence-corrected chi connectivity index (χ3v) is 6.24. The molecule has 0 saturated carbocycles. The molecule has 0 bridgehead atoms. The van der Waals surface area contributed by atoms with Gasteiger partial charge in [-0.3, -0.25) is 9.59 Å².